The van der Waals surface area contributed by atoms with E-state index in [0.29, 0.717) is 6.54 Å². The number of benzene rings is 1. The number of carbonyl (C=O) groups excluding carboxylic acids is 1. The Bertz CT molecular complexity index is 399. The second kappa shape index (κ2) is 6.07. The molecule has 2 rings (SSSR count). The van der Waals surface area contributed by atoms with Crippen LogP contribution in [0.2, 0.25) is 5.02 Å². The van der Waals surface area contributed by atoms with Crippen LogP contribution < -0.4 is 10.2 Å². The summed E-state index contributed by atoms with van der Waals surface area (Å²) in [6, 6.07) is 7.84. The third-order valence-electron chi connectivity index (χ3n) is 3.15. The number of amides is 1. The SMILES string of the molecule is CNCC(=O)N1CCN(c2ccc(Cl)cc2)CC1. The van der Waals surface area contributed by atoms with Gasteiger partial charge in [0.1, 0.15) is 0 Å². The fourth-order valence-electron chi connectivity index (χ4n) is 2.13. The number of halogens is 1. The Morgan fingerprint density at radius 2 is 1.83 bits per heavy atom. The van der Waals surface area contributed by atoms with Crippen LogP contribution in [0.15, 0.2) is 24.3 Å². The van der Waals surface area contributed by atoms with Gasteiger partial charge in [0.2, 0.25) is 5.91 Å². The molecular formula is C13H18ClN3O. The van der Waals surface area contributed by atoms with Crippen LogP contribution in [0.25, 0.3) is 0 Å². The lowest BCUT2D eigenvalue weighted by atomic mass is 10.2. The summed E-state index contributed by atoms with van der Waals surface area (Å²) in [5, 5.41) is 3.65. The maximum atomic E-state index is 11.7. The van der Waals surface area contributed by atoms with Gasteiger partial charge < -0.3 is 15.1 Å². The molecule has 0 aromatic heterocycles. The average molecular weight is 268 g/mol. The zero-order valence-electron chi connectivity index (χ0n) is 10.5. The third kappa shape index (κ3) is 3.15. The quantitative estimate of drug-likeness (QED) is 0.894. The first-order chi connectivity index (χ1) is 8.70. The molecule has 0 saturated carbocycles. The molecule has 0 spiro atoms. The van der Waals surface area contributed by atoms with E-state index < -0.39 is 0 Å². The molecule has 1 N–H and O–H groups in total. The van der Waals surface area contributed by atoms with Crippen LogP contribution in [0.1, 0.15) is 0 Å². The van der Waals surface area contributed by atoms with Gasteiger partial charge in [0.25, 0.3) is 0 Å². The number of anilines is 1. The molecule has 18 heavy (non-hydrogen) atoms. The lowest BCUT2D eigenvalue weighted by Crippen LogP contribution is -2.50. The van der Waals surface area contributed by atoms with Gasteiger partial charge in [-0.15, -0.1) is 0 Å². The molecule has 0 bridgehead atoms. The summed E-state index contributed by atoms with van der Waals surface area (Å²) in [5.74, 6) is 0.174. The van der Waals surface area contributed by atoms with Gasteiger partial charge in [-0.05, 0) is 31.3 Å². The van der Waals surface area contributed by atoms with Gasteiger partial charge in [0.15, 0.2) is 0 Å². The number of likely N-dealkylation sites (N-methyl/N-ethyl adjacent to an activating group) is 1. The van der Waals surface area contributed by atoms with Crippen molar-refractivity contribution < 1.29 is 4.79 Å². The topological polar surface area (TPSA) is 35.6 Å². The second-order valence-electron chi connectivity index (χ2n) is 4.37. The molecule has 0 radical (unpaired) electrons. The summed E-state index contributed by atoms with van der Waals surface area (Å²) < 4.78 is 0. The molecule has 98 valence electrons. The Morgan fingerprint density at radius 1 is 1.22 bits per heavy atom. The van der Waals surface area contributed by atoms with Crippen molar-refractivity contribution in [1.29, 1.82) is 0 Å². The van der Waals surface area contributed by atoms with Crippen molar-refractivity contribution in [3.05, 3.63) is 29.3 Å². The van der Waals surface area contributed by atoms with E-state index >= 15 is 0 Å². The summed E-state index contributed by atoms with van der Waals surface area (Å²) in [5.41, 5.74) is 1.17. The molecule has 1 aromatic rings. The molecule has 0 aliphatic carbocycles. The average Bonchev–Trinajstić information content (AvgIpc) is 2.40. The normalized spacial score (nSPS) is 15.9. The highest BCUT2D eigenvalue weighted by molar-refractivity contribution is 6.30. The van der Waals surface area contributed by atoms with Gasteiger partial charge in [-0.2, -0.15) is 0 Å². The lowest BCUT2D eigenvalue weighted by molar-refractivity contribution is -0.130. The Morgan fingerprint density at radius 3 is 2.39 bits per heavy atom. The molecule has 1 aromatic carbocycles. The van der Waals surface area contributed by atoms with E-state index in [1.165, 1.54) is 5.69 Å². The van der Waals surface area contributed by atoms with Crippen molar-refractivity contribution in [2.75, 3.05) is 44.7 Å². The van der Waals surface area contributed by atoms with E-state index in [1.807, 2.05) is 29.2 Å². The highest BCUT2D eigenvalue weighted by atomic mass is 35.5. The fourth-order valence-corrected chi connectivity index (χ4v) is 2.25. The number of piperazine rings is 1. The number of hydrogen-bond donors (Lipinski definition) is 1. The van der Waals surface area contributed by atoms with E-state index in [9.17, 15) is 4.79 Å². The van der Waals surface area contributed by atoms with Gasteiger partial charge in [-0.1, -0.05) is 11.6 Å². The van der Waals surface area contributed by atoms with E-state index in [1.54, 1.807) is 7.05 Å². The first-order valence-corrected chi connectivity index (χ1v) is 6.51. The van der Waals surface area contributed by atoms with E-state index in [2.05, 4.69) is 10.2 Å². The standard InChI is InChI=1S/C13H18ClN3O/c1-15-10-13(18)17-8-6-16(7-9-17)12-4-2-11(14)3-5-12/h2-5,15H,6-10H2,1H3. The van der Waals surface area contributed by atoms with Crippen LogP contribution in [0.4, 0.5) is 5.69 Å². The highest BCUT2D eigenvalue weighted by Crippen LogP contribution is 2.19. The maximum Gasteiger partial charge on any atom is 0.236 e. The third-order valence-corrected chi connectivity index (χ3v) is 3.40. The van der Waals surface area contributed by atoms with E-state index in [0.717, 1.165) is 31.2 Å². The van der Waals surface area contributed by atoms with Crippen molar-refractivity contribution in [3.8, 4) is 0 Å². The molecular weight excluding hydrogens is 250 g/mol. The summed E-state index contributed by atoms with van der Waals surface area (Å²) in [6.45, 7) is 3.72. The van der Waals surface area contributed by atoms with Crippen molar-refractivity contribution in [2.24, 2.45) is 0 Å². The number of nitrogens with zero attached hydrogens (tertiary/aromatic N) is 2. The molecule has 1 saturated heterocycles. The molecule has 5 heteroatoms. The van der Waals surface area contributed by atoms with Crippen LogP contribution in [-0.4, -0.2) is 50.6 Å². The summed E-state index contributed by atoms with van der Waals surface area (Å²) in [7, 11) is 1.79. The second-order valence-corrected chi connectivity index (χ2v) is 4.81. The Labute approximate surface area is 113 Å². The number of nitrogens with one attached hydrogen (secondary N) is 1. The smallest absolute Gasteiger partial charge is 0.236 e. The zero-order valence-corrected chi connectivity index (χ0v) is 11.3. The summed E-state index contributed by atoms with van der Waals surface area (Å²) in [6.07, 6.45) is 0. The van der Waals surface area contributed by atoms with Crippen LogP contribution in [0.3, 0.4) is 0 Å². The van der Waals surface area contributed by atoms with E-state index in [4.69, 9.17) is 11.6 Å². The molecule has 4 nitrogen and oxygen atoms in total. The van der Waals surface area contributed by atoms with Gasteiger partial charge in [-0.25, -0.2) is 0 Å². The van der Waals surface area contributed by atoms with Crippen LogP contribution >= 0.6 is 11.6 Å². The lowest BCUT2D eigenvalue weighted by Gasteiger charge is -2.36. The number of rotatable bonds is 3. The number of hydrogen-bond acceptors (Lipinski definition) is 3. The minimum Gasteiger partial charge on any atom is -0.368 e. The predicted octanol–water partition coefficient (Wildman–Crippen LogP) is 1.21. The fraction of sp³-hybridized carbons (Fsp3) is 0.462. The van der Waals surface area contributed by atoms with Crippen LogP contribution in [0, 0.1) is 0 Å². The molecule has 1 aliphatic rings. The maximum absolute atomic E-state index is 11.7. The molecule has 0 atom stereocenters. The predicted molar refractivity (Wildman–Crippen MR) is 74.2 cm³/mol. The Kier molecular flexibility index (Phi) is 4.44. The highest BCUT2D eigenvalue weighted by Gasteiger charge is 2.20. The Hall–Kier alpha value is -1.26. The van der Waals surface area contributed by atoms with Crippen molar-refractivity contribution >= 4 is 23.2 Å². The molecule has 1 fully saturated rings. The van der Waals surface area contributed by atoms with Crippen molar-refractivity contribution in [3.63, 3.8) is 0 Å². The summed E-state index contributed by atoms with van der Waals surface area (Å²) in [4.78, 5) is 15.9. The van der Waals surface area contributed by atoms with E-state index in [-0.39, 0.29) is 5.91 Å². The first kappa shape index (κ1) is 13.2. The minimum absolute atomic E-state index is 0.174. The molecule has 1 amide bonds. The van der Waals surface area contributed by atoms with Gasteiger partial charge in [0, 0.05) is 36.9 Å². The monoisotopic (exact) mass is 267 g/mol. The number of carbonyl (C=O) groups is 1. The minimum atomic E-state index is 0.174. The van der Waals surface area contributed by atoms with Gasteiger partial charge in [-0.3, -0.25) is 4.79 Å². The first-order valence-electron chi connectivity index (χ1n) is 6.13. The molecule has 1 aliphatic heterocycles. The molecule has 0 unspecified atom stereocenters. The van der Waals surface area contributed by atoms with Gasteiger partial charge >= 0.3 is 0 Å². The van der Waals surface area contributed by atoms with Crippen LogP contribution in [0.5, 0.6) is 0 Å². The Balaban J connectivity index is 1.90. The molecule has 1 heterocycles. The zero-order chi connectivity index (χ0) is 13.0. The van der Waals surface area contributed by atoms with Crippen molar-refractivity contribution in [2.45, 2.75) is 0 Å². The van der Waals surface area contributed by atoms with Gasteiger partial charge in [0.05, 0.1) is 6.54 Å². The largest absolute Gasteiger partial charge is 0.368 e. The van der Waals surface area contributed by atoms with Crippen LogP contribution in [-0.2, 0) is 4.79 Å². The summed E-state index contributed by atoms with van der Waals surface area (Å²) >= 11 is 5.87. The van der Waals surface area contributed by atoms with Crippen molar-refractivity contribution in [1.82, 2.24) is 10.2 Å².